The van der Waals surface area contributed by atoms with Gasteiger partial charge in [0.05, 0.1) is 5.56 Å². The number of ether oxygens (including phenoxy) is 1. The van der Waals surface area contributed by atoms with Gasteiger partial charge in [0.2, 0.25) is 0 Å². The number of benzene rings is 2. The maximum atomic E-state index is 12.3. The number of ketones is 1. The second-order valence-electron chi connectivity index (χ2n) is 8.03. The number of nitrogens with one attached hydrogen (secondary N) is 1. The Morgan fingerprint density at radius 2 is 1.81 bits per heavy atom. The molecule has 32 heavy (non-hydrogen) atoms. The van der Waals surface area contributed by atoms with Gasteiger partial charge in [-0.3, -0.25) is 4.79 Å². The normalized spacial score (nSPS) is 18.4. The number of nitrogens with zero attached hydrogens (tertiary/aromatic N) is 2. The number of allylic oxidation sites excluding steroid dienone is 2. The summed E-state index contributed by atoms with van der Waals surface area (Å²) in [6.45, 7) is 1.88. The van der Waals surface area contributed by atoms with Crippen molar-refractivity contribution in [2.45, 2.75) is 38.6 Å². The zero-order chi connectivity index (χ0) is 22.3. The van der Waals surface area contributed by atoms with E-state index in [1.807, 2.05) is 67.6 Å². The van der Waals surface area contributed by atoms with Crippen LogP contribution < -0.4 is 15.8 Å². The summed E-state index contributed by atoms with van der Waals surface area (Å²) in [5, 5.41) is 3.53. The Kier molecular flexibility index (Phi) is 6.80. The quantitative estimate of drug-likeness (QED) is 0.474. The molecule has 3 N–H and O–H groups in total. The van der Waals surface area contributed by atoms with Gasteiger partial charge in [-0.25, -0.2) is 9.97 Å². The zero-order valence-electron chi connectivity index (χ0n) is 18.2. The second kappa shape index (κ2) is 10.1. The first kappa shape index (κ1) is 21.6. The van der Waals surface area contributed by atoms with Gasteiger partial charge in [0.15, 0.2) is 5.78 Å². The highest BCUT2D eigenvalue weighted by atomic mass is 16.5. The van der Waals surface area contributed by atoms with Crippen LogP contribution in [-0.2, 0) is 4.79 Å². The van der Waals surface area contributed by atoms with Gasteiger partial charge in [-0.15, -0.1) is 0 Å². The number of rotatable bonds is 7. The second-order valence-corrected chi connectivity index (χ2v) is 8.03. The maximum Gasteiger partial charge on any atom is 0.158 e. The van der Waals surface area contributed by atoms with Crippen molar-refractivity contribution in [3.05, 3.63) is 73.1 Å². The summed E-state index contributed by atoms with van der Waals surface area (Å²) < 4.78 is 5.89. The molecule has 0 spiro atoms. The third kappa shape index (κ3) is 5.14. The fraction of sp³-hybridized carbons (Fsp3) is 0.269. The van der Waals surface area contributed by atoms with Crippen molar-refractivity contribution in [1.82, 2.24) is 9.97 Å². The Morgan fingerprint density at radius 1 is 1.06 bits per heavy atom. The van der Waals surface area contributed by atoms with E-state index in [1.54, 1.807) is 6.08 Å². The SMILES string of the molecule is CC=CC(=O)[C@H]1CCCC(Nc2ncnc(N)c2-c2ccc(Oc3ccccc3)cc2)C1. The lowest BCUT2D eigenvalue weighted by molar-refractivity contribution is -0.119. The molecule has 0 saturated heterocycles. The third-order valence-corrected chi connectivity index (χ3v) is 5.75. The molecule has 3 aromatic rings. The van der Waals surface area contributed by atoms with Gasteiger partial charge < -0.3 is 15.8 Å². The summed E-state index contributed by atoms with van der Waals surface area (Å²) in [5.74, 6) is 2.88. The number of carbonyl (C=O) groups excluding carboxylic acids is 1. The van der Waals surface area contributed by atoms with Gasteiger partial charge in [-0.05, 0) is 62.1 Å². The van der Waals surface area contributed by atoms with Gasteiger partial charge in [-0.2, -0.15) is 0 Å². The first-order chi connectivity index (χ1) is 15.6. The monoisotopic (exact) mass is 428 g/mol. The van der Waals surface area contributed by atoms with E-state index >= 15 is 0 Å². The molecule has 1 aliphatic rings. The number of carbonyl (C=O) groups is 1. The molecule has 1 aromatic heterocycles. The zero-order valence-corrected chi connectivity index (χ0v) is 18.2. The molecular formula is C26H28N4O2. The molecule has 164 valence electrons. The van der Waals surface area contributed by atoms with Gasteiger partial charge in [0.1, 0.15) is 29.5 Å². The lowest BCUT2D eigenvalue weighted by Gasteiger charge is -2.29. The Bertz CT molecular complexity index is 1080. The predicted molar refractivity (Wildman–Crippen MR) is 128 cm³/mol. The van der Waals surface area contributed by atoms with Crippen LogP contribution in [0.2, 0.25) is 0 Å². The van der Waals surface area contributed by atoms with Crippen molar-refractivity contribution in [2.75, 3.05) is 11.1 Å². The highest BCUT2D eigenvalue weighted by molar-refractivity contribution is 5.91. The number of para-hydroxylation sites is 1. The number of nitrogen functional groups attached to an aromatic ring is 1. The van der Waals surface area contributed by atoms with Crippen molar-refractivity contribution < 1.29 is 9.53 Å². The van der Waals surface area contributed by atoms with E-state index in [0.29, 0.717) is 11.6 Å². The van der Waals surface area contributed by atoms with E-state index in [-0.39, 0.29) is 17.7 Å². The minimum absolute atomic E-state index is 0.0505. The summed E-state index contributed by atoms with van der Waals surface area (Å²) >= 11 is 0. The van der Waals surface area contributed by atoms with Crippen molar-refractivity contribution in [3.63, 3.8) is 0 Å². The minimum atomic E-state index is 0.0505. The Morgan fingerprint density at radius 3 is 2.56 bits per heavy atom. The van der Waals surface area contributed by atoms with Crippen LogP contribution in [0.15, 0.2) is 73.1 Å². The van der Waals surface area contributed by atoms with Crippen molar-refractivity contribution in [1.29, 1.82) is 0 Å². The highest BCUT2D eigenvalue weighted by Crippen LogP contribution is 2.35. The fourth-order valence-electron chi connectivity index (χ4n) is 4.18. The van der Waals surface area contributed by atoms with Gasteiger partial charge in [0.25, 0.3) is 0 Å². The molecular weight excluding hydrogens is 400 g/mol. The Hall–Kier alpha value is -3.67. The van der Waals surface area contributed by atoms with Crippen LogP contribution >= 0.6 is 0 Å². The number of hydrogen-bond donors (Lipinski definition) is 2. The van der Waals surface area contributed by atoms with Crippen LogP contribution in [0.5, 0.6) is 11.5 Å². The number of aromatic nitrogens is 2. The molecule has 0 aliphatic heterocycles. The molecule has 1 unspecified atom stereocenters. The number of anilines is 2. The van der Waals surface area contributed by atoms with Crippen molar-refractivity contribution in [3.8, 4) is 22.6 Å². The molecule has 4 rings (SSSR count). The molecule has 1 fully saturated rings. The molecule has 2 atom stereocenters. The molecule has 2 aromatic carbocycles. The van der Waals surface area contributed by atoms with Crippen LogP contribution in [0.25, 0.3) is 11.1 Å². The largest absolute Gasteiger partial charge is 0.457 e. The maximum absolute atomic E-state index is 12.3. The Balaban J connectivity index is 1.52. The van der Waals surface area contributed by atoms with Crippen LogP contribution in [0, 0.1) is 5.92 Å². The lowest BCUT2D eigenvalue weighted by atomic mass is 9.83. The summed E-state index contributed by atoms with van der Waals surface area (Å²) in [5.41, 5.74) is 7.92. The third-order valence-electron chi connectivity index (χ3n) is 5.75. The molecule has 0 amide bonds. The van der Waals surface area contributed by atoms with E-state index in [1.165, 1.54) is 6.33 Å². The van der Waals surface area contributed by atoms with Crippen LogP contribution in [0.4, 0.5) is 11.6 Å². The van der Waals surface area contributed by atoms with Crippen molar-refractivity contribution >= 4 is 17.4 Å². The van der Waals surface area contributed by atoms with E-state index in [4.69, 9.17) is 10.5 Å². The molecule has 1 heterocycles. The van der Waals surface area contributed by atoms with Gasteiger partial charge >= 0.3 is 0 Å². The van der Waals surface area contributed by atoms with E-state index in [9.17, 15) is 4.79 Å². The summed E-state index contributed by atoms with van der Waals surface area (Å²) in [6.07, 6.45) is 8.69. The molecule has 6 nitrogen and oxygen atoms in total. The first-order valence-corrected chi connectivity index (χ1v) is 11.0. The van der Waals surface area contributed by atoms with E-state index in [0.717, 1.165) is 48.3 Å². The smallest absolute Gasteiger partial charge is 0.158 e. The predicted octanol–water partition coefficient (Wildman–Crippen LogP) is 5.63. The minimum Gasteiger partial charge on any atom is -0.457 e. The highest BCUT2D eigenvalue weighted by Gasteiger charge is 2.27. The standard InChI is InChI=1S/C26H28N4O2/c1-2-7-23(31)19-8-6-9-20(16-19)30-26-24(25(27)28-17-29-26)18-12-14-22(15-13-18)32-21-10-4-3-5-11-21/h2-5,7,10-15,17,19-20H,6,8-9,16H2,1H3,(H3,27,28,29,30)/t19-,20?/m0/s1. The summed E-state index contributed by atoms with van der Waals surface area (Å²) in [7, 11) is 0. The summed E-state index contributed by atoms with van der Waals surface area (Å²) in [6, 6.07) is 17.5. The van der Waals surface area contributed by atoms with Crippen LogP contribution in [-0.4, -0.2) is 21.8 Å². The molecule has 1 saturated carbocycles. The number of nitrogens with two attached hydrogens (primary N) is 1. The molecule has 1 aliphatic carbocycles. The molecule has 6 heteroatoms. The topological polar surface area (TPSA) is 90.1 Å². The van der Waals surface area contributed by atoms with Gasteiger partial charge in [-0.1, -0.05) is 42.8 Å². The average molecular weight is 429 g/mol. The number of hydrogen-bond acceptors (Lipinski definition) is 6. The first-order valence-electron chi connectivity index (χ1n) is 11.0. The average Bonchev–Trinajstić information content (AvgIpc) is 2.81. The van der Waals surface area contributed by atoms with E-state index in [2.05, 4.69) is 15.3 Å². The van der Waals surface area contributed by atoms with Crippen molar-refractivity contribution in [2.24, 2.45) is 5.92 Å². The molecule has 0 bridgehead atoms. The van der Waals surface area contributed by atoms with Gasteiger partial charge in [0, 0.05) is 12.0 Å². The Labute approximate surface area is 188 Å². The molecule has 0 radical (unpaired) electrons. The van der Waals surface area contributed by atoms with Crippen LogP contribution in [0.3, 0.4) is 0 Å². The van der Waals surface area contributed by atoms with Crippen LogP contribution in [0.1, 0.15) is 32.6 Å². The van der Waals surface area contributed by atoms with E-state index < -0.39 is 0 Å². The lowest BCUT2D eigenvalue weighted by Crippen LogP contribution is -2.31. The fourth-order valence-corrected chi connectivity index (χ4v) is 4.18. The summed E-state index contributed by atoms with van der Waals surface area (Å²) in [4.78, 5) is 21.0.